The number of halogens is 1. The van der Waals surface area contributed by atoms with Crippen molar-refractivity contribution in [2.45, 2.75) is 76.9 Å². The number of hydrogen-bond donors (Lipinski definition) is 1. The largest absolute Gasteiger partial charge is 0.490 e. The topological polar surface area (TPSA) is 29.5 Å². The summed E-state index contributed by atoms with van der Waals surface area (Å²) in [5.41, 5.74) is 0.715. The van der Waals surface area contributed by atoms with E-state index in [1.54, 1.807) is 6.07 Å². The Balaban J connectivity index is 1.71. The third-order valence-electron chi connectivity index (χ3n) is 4.24. The Kier molecular flexibility index (Phi) is 6.50. The van der Waals surface area contributed by atoms with E-state index in [4.69, 9.17) is 4.74 Å². The fourth-order valence-electron chi connectivity index (χ4n) is 3.00. The van der Waals surface area contributed by atoms with Crippen LogP contribution in [-0.2, 0) is 0 Å². The van der Waals surface area contributed by atoms with Crippen molar-refractivity contribution in [1.29, 1.82) is 0 Å². The number of aliphatic hydroxyl groups is 1. The smallest absolute Gasteiger partial charge is 0.128 e. The molecule has 1 aromatic carbocycles. The summed E-state index contributed by atoms with van der Waals surface area (Å²) < 4.78 is 19.1. The number of fused-ring (bicyclic) bond motifs is 1. The van der Waals surface area contributed by atoms with Gasteiger partial charge in [-0.1, -0.05) is 45.4 Å². The molecule has 0 saturated heterocycles. The molecule has 0 spiro atoms. The molecule has 0 radical (unpaired) electrons. The second-order valence-electron chi connectivity index (χ2n) is 6.08. The monoisotopic (exact) mass is 294 g/mol. The summed E-state index contributed by atoms with van der Waals surface area (Å²) >= 11 is 0. The van der Waals surface area contributed by atoms with Crippen LogP contribution in [0.25, 0.3) is 0 Å². The Bertz CT molecular complexity index is 433. The van der Waals surface area contributed by atoms with Gasteiger partial charge in [-0.3, -0.25) is 0 Å². The summed E-state index contributed by atoms with van der Waals surface area (Å²) in [5.74, 6) is 0.208. The molecular weight excluding hydrogens is 267 g/mol. The predicted molar refractivity (Wildman–Crippen MR) is 83.0 cm³/mol. The summed E-state index contributed by atoms with van der Waals surface area (Å²) in [7, 11) is 0. The van der Waals surface area contributed by atoms with E-state index in [0.717, 1.165) is 12.8 Å². The lowest BCUT2D eigenvalue weighted by Gasteiger charge is -2.29. The maximum Gasteiger partial charge on any atom is 0.128 e. The number of rotatable bonds is 8. The van der Waals surface area contributed by atoms with Crippen molar-refractivity contribution in [1.82, 2.24) is 0 Å². The van der Waals surface area contributed by atoms with Crippen LogP contribution in [0.2, 0.25) is 0 Å². The normalized spacial score (nSPS) is 20.9. The molecule has 1 aromatic rings. The summed E-state index contributed by atoms with van der Waals surface area (Å²) in [6, 6.07) is 4.39. The molecule has 2 rings (SSSR count). The van der Waals surface area contributed by atoms with E-state index >= 15 is 0 Å². The molecule has 1 heterocycles. The fraction of sp³-hybridized carbons (Fsp3) is 0.667. The first-order valence-corrected chi connectivity index (χ1v) is 8.35. The quantitative estimate of drug-likeness (QED) is 0.672. The fourth-order valence-corrected chi connectivity index (χ4v) is 3.00. The number of hydrogen-bond acceptors (Lipinski definition) is 2. The molecule has 0 amide bonds. The van der Waals surface area contributed by atoms with Crippen LogP contribution < -0.4 is 4.74 Å². The number of aliphatic hydroxyl groups excluding tert-OH is 1. The molecule has 0 saturated carbocycles. The second kappa shape index (κ2) is 8.38. The van der Waals surface area contributed by atoms with Gasteiger partial charge in [-0.15, -0.1) is 0 Å². The molecule has 3 heteroatoms. The molecule has 1 unspecified atom stereocenters. The van der Waals surface area contributed by atoms with Crippen LogP contribution in [0.5, 0.6) is 5.75 Å². The van der Waals surface area contributed by atoms with Gasteiger partial charge in [-0.2, -0.15) is 0 Å². The molecule has 2 atom stereocenters. The van der Waals surface area contributed by atoms with Crippen molar-refractivity contribution < 1.29 is 14.2 Å². The molecule has 0 aromatic heterocycles. The van der Waals surface area contributed by atoms with Crippen molar-refractivity contribution in [2.24, 2.45) is 0 Å². The zero-order valence-corrected chi connectivity index (χ0v) is 13.0. The van der Waals surface area contributed by atoms with Crippen LogP contribution in [-0.4, -0.2) is 11.2 Å². The lowest BCUT2D eigenvalue weighted by molar-refractivity contribution is 0.0601. The summed E-state index contributed by atoms with van der Waals surface area (Å²) in [6.07, 6.45) is 9.94. The first kappa shape index (κ1) is 16.3. The lowest BCUT2D eigenvalue weighted by atomic mass is 9.96. The summed E-state index contributed by atoms with van der Waals surface area (Å²) in [5, 5.41) is 10.1. The zero-order chi connectivity index (χ0) is 15.1. The molecule has 21 heavy (non-hydrogen) atoms. The van der Waals surface area contributed by atoms with Crippen LogP contribution in [0.3, 0.4) is 0 Å². The highest BCUT2D eigenvalue weighted by Gasteiger charge is 2.26. The Labute approximate surface area is 127 Å². The zero-order valence-electron chi connectivity index (χ0n) is 13.0. The van der Waals surface area contributed by atoms with Crippen LogP contribution in [0.1, 0.15) is 76.4 Å². The molecular formula is C18H27FO2. The Hall–Kier alpha value is -1.09. The maximum atomic E-state index is 13.2. The van der Waals surface area contributed by atoms with Crippen LogP contribution in [0.15, 0.2) is 18.2 Å². The van der Waals surface area contributed by atoms with Crippen LogP contribution in [0, 0.1) is 5.82 Å². The van der Waals surface area contributed by atoms with E-state index in [-0.39, 0.29) is 11.9 Å². The standard InChI is InChI=1S/C18H27FO2/c1-2-3-4-5-6-7-8-9-15-13-17(20)16-11-10-14(19)12-18(16)21-15/h10-12,15,17,20H,2-9,13H2,1H3/t15?,17-/m1/s1. The first-order chi connectivity index (χ1) is 10.2. The Morgan fingerprint density at radius 1 is 1.14 bits per heavy atom. The van der Waals surface area contributed by atoms with Crippen molar-refractivity contribution in [3.8, 4) is 5.75 Å². The Morgan fingerprint density at radius 2 is 1.86 bits per heavy atom. The van der Waals surface area contributed by atoms with Gasteiger partial charge in [0.25, 0.3) is 0 Å². The highest BCUT2D eigenvalue weighted by Crippen LogP contribution is 2.36. The van der Waals surface area contributed by atoms with Crippen LogP contribution >= 0.6 is 0 Å². The average molecular weight is 294 g/mol. The minimum absolute atomic E-state index is 0.0185. The van der Waals surface area contributed by atoms with Crippen molar-refractivity contribution in [2.75, 3.05) is 0 Å². The number of ether oxygens (including phenoxy) is 1. The van der Waals surface area contributed by atoms with Gasteiger partial charge >= 0.3 is 0 Å². The van der Waals surface area contributed by atoms with Gasteiger partial charge in [-0.25, -0.2) is 4.39 Å². The SMILES string of the molecule is CCCCCCCCCC1C[C@@H](O)c2ccc(F)cc2O1. The maximum absolute atomic E-state index is 13.2. The Morgan fingerprint density at radius 3 is 2.62 bits per heavy atom. The highest BCUT2D eigenvalue weighted by molar-refractivity contribution is 5.37. The molecule has 0 fully saturated rings. The van der Waals surface area contributed by atoms with Crippen molar-refractivity contribution in [3.63, 3.8) is 0 Å². The van der Waals surface area contributed by atoms with E-state index in [1.165, 1.54) is 50.7 Å². The van der Waals surface area contributed by atoms with E-state index in [2.05, 4.69) is 6.92 Å². The van der Waals surface area contributed by atoms with Gasteiger partial charge in [0.1, 0.15) is 17.7 Å². The van der Waals surface area contributed by atoms with E-state index < -0.39 is 6.10 Å². The van der Waals surface area contributed by atoms with Gasteiger partial charge in [0, 0.05) is 18.1 Å². The summed E-state index contributed by atoms with van der Waals surface area (Å²) in [6.45, 7) is 2.23. The minimum atomic E-state index is -0.524. The molecule has 0 aliphatic carbocycles. The van der Waals surface area contributed by atoms with E-state index in [0.29, 0.717) is 17.7 Å². The molecule has 1 N–H and O–H groups in total. The minimum Gasteiger partial charge on any atom is -0.490 e. The van der Waals surface area contributed by atoms with Crippen molar-refractivity contribution in [3.05, 3.63) is 29.6 Å². The molecule has 1 aliphatic rings. The van der Waals surface area contributed by atoms with Gasteiger partial charge in [-0.05, 0) is 25.0 Å². The van der Waals surface area contributed by atoms with E-state index in [1.807, 2.05) is 0 Å². The molecule has 2 nitrogen and oxygen atoms in total. The van der Waals surface area contributed by atoms with Crippen molar-refractivity contribution >= 4 is 0 Å². The third-order valence-corrected chi connectivity index (χ3v) is 4.24. The first-order valence-electron chi connectivity index (χ1n) is 8.35. The van der Waals surface area contributed by atoms with E-state index in [9.17, 15) is 9.50 Å². The van der Waals surface area contributed by atoms with Gasteiger partial charge < -0.3 is 9.84 Å². The second-order valence-corrected chi connectivity index (χ2v) is 6.08. The molecule has 118 valence electrons. The average Bonchev–Trinajstić information content (AvgIpc) is 2.46. The third kappa shape index (κ3) is 4.99. The number of unbranched alkanes of at least 4 members (excludes halogenated alkanes) is 6. The molecule has 1 aliphatic heterocycles. The highest BCUT2D eigenvalue weighted by atomic mass is 19.1. The number of benzene rings is 1. The van der Waals surface area contributed by atoms with Crippen LogP contribution in [0.4, 0.5) is 4.39 Å². The lowest BCUT2D eigenvalue weighted by Crippen LogP contribution is -2.25. The van der Waals surface area contributed by atoms with Gasteiger partial charge in [0.15, 0.2) is 0 Å². The van der Waals surface area contributed by atoms with Gasteiger partial charge in [0.05, 0.1) is 6.10 Å². The predicted octanol–water partition coefficient (Wildman–Crippen LogP) is 5.15. The summed E-state index contributed by atoms with van der Waals surface area (Å²) in [4.78, 5) is 0. The molecule has 0 bridgehead atoms. The van der Waals surface area contributed by atoms with Gasteiger partial charge in [0.2, 0.25) is 0 Å².